The van der Waals surface area contributed by atoms with Crippen LogP contribution in [0.15, 0.2) is 68.8 Å². The van der Waals surface area contributed by atoms with Crippen molar-refractivity contribution in [3.05, 3.63) is 101 Å². The first-order valence-electron chi connectivity index (χ1n) is 11.5. The number of carbonyl (C=O) groups excluding carboxylic acids is 1. The van der Waals surface area contributed by atoms with Gasteiger partial charge in [-0.3, -0.25) is 14.2 Å². The summed E-state index contributed by atoms with van der Waals surface area (Å²) in [5.41, 5.74) is -0.547. The van der Waals surface area contributed by atoms with Crippen LogP contribution in [0.2, 0.25) is 10.0 Å². The Balaban J connectivity index is 1.37. The quantitative estimate of drug-likeness (QED) is 0.355. The predicted molar refractivity (Wildman–Crippen MR) is 140 cm³/mol. The van der Waals surface area contributed by atoms with E-state index in [4.69, 9.17) is 42.1 Å². The third-order valence-corrected chi connectivity index (χ3v) is 8.34. The number of hydrogen-bond acceptors (Lipinski definition) is 7. The van der Waals surface area contributed by atoms with Crippen LogP contribution in [0.1, 0.15) is 37.0 Å². The van der Waals surface area contributed by atoms with E-state index in [9.17, 15) is 9.59 Å². The van der Waals surface area contributed by atoms with Gasteiger partial charge in [-0.05, 0) is 44.2 Å². The lowest BCUT2D eigenvalue weighted by Gasteiger charge is -2.45. The fourth-order valence-electron chi connectivity index (χ4n) is 4.98. The van der Waals surface area contributed by atoms with Crippen molar-refractivity contribution < 1.29 is 18.7 Å². The monoisotopic (exact) mass is 554 g/mol. The van der Waals surface area contributed by atoms with Gasteiger partial charge in [-0.15, -0.1) is 0 Å². The molecule has 0 fully saturated rings. The van der Waals surface area contributed by atoms with Gasteiger partial charge >= 0.3 is 0 Å². The lowest BCUT2D eigenvalue weighted by atomic mass is 9.79. The fourth-order valence-corrected chi connectivity index (χ4v) is 6.41. The minimum atomic E-state index is -1.10. The van der Waals surface area contributed by atoms with Crippen molar-refractivity contribution in [2.75, 3.05) is 0 Å². The van der Waals surface area contributed by atoms with E-state index in [0.717, 1.165) is 5.56 Å². The van der Waals surface area contributed by atoms with E-state index in [-0.39, 0.29) is 17.9 Å². The summed E-state index contributed by atoms with van der Waals surface area (Å²) in [6.07, 6.45) is 1.67. The summed E-state index contributed by atoms with van der Waals surface area (Å²) in [6, 6.07) is 15.6. The zero-order valence-electron chi connectivity index (χ0n) is 19.7. The Morgan fingerprint density at radius 2 is 2.00 bits per heavy atom. The Kier molecular flexibility index (Phi) is 5.78. The van der Waals surface area contributed by atoms with Gasteiger partial charge in [0, 0.05) is 11.6 Å². The first-order valence-corrected chi connectivity index (χ1v) is 13.1. The first-order chi connectivity index (χ1) is 17.7. The van der Waals surface area contributed by atoms with Crippen LogP contribution in [0.4, 0.5) is 0 Å². The van der Waals surface area contributed by atoms with Gasteiger partial charge in [0.25, 0.3) is 5.56 Å². The summed E-state index contributed by atoms with van der Waals surface area (Å²) >= 11 is 13.5. The predicted octanol–water partition coefficient (Wildman–Crippen LogP) is 4.75. The number of fused-ring (bicyclic) bond motifs is 6. The number of Topliss-reactive ketones (excluding diaryl/α,β-unsaturated/α-hetero) is 1. The molecule has 4 heterocycles. The molecule has 4 aromatic rings. The van der Waals surface area contributed by atoms with Crippen molar-refractivity contribution in [2.24, 2.45) is 10.9 Å². The topological polar surface area (TPSA) is 83.0 Å². The van der Waals surface area contributed by atoms with Crippen molar-refractivity contribution >= 4 is 46.4 Å². The second kappa shape index (κ2) is 8.90. The number of rotatable bonds is 5. The second-order valence-corrected chi connectivity index (χ2v) is 10.8. The van der Waals surface area contributed by atoms with E-state index in [1.165, 1.54) is 18.3 Å². The molecule has 2 aliphatic rings. The maximum Gasteiger partial charge on any atom is 0.271 e. The van der Waals surface area contributed by atoms with Crippen molar-refractivity contribution in [1.82, 2.24) is 4.57 Å². The van der Waals surface area contributed by atoms with Gasteiger partial charge < -0.3 is 13.9 Å². The lowest BCUT2D eigenvalue weighted by molar-refractivity contribution is -0.132. The molecule has 0 saturated carbocycles. The van der Waals surface area contributed by atoms with Gasteiger partial charge in [-0.25, -0.2) is 4.99 Å². The molecule has 0 unspecified atom stereocenters. The molecule has 0 N–H and O–H groups in total. The molecule has 6 rings (SSSR count). The van der Waals surface area contributed by atoms with E-state index < -0.39 is 17.7 Å². The molecule has 2 aromatic carbocycles. The van der Waals surface area contributed by atoms with Crippen LogP contribution in [0.5, 0.6) is 11.5 Å². The maximum atomic E-state index is 13.6. The number of halogens is 2. The van der Waals surface area contributed by atoms with Crippen LogP contribution in [0.25, 0.3) is 6.08 Å². The highest BCUT2D eigenvalue weighted by atomic mass is 35.5. The molecular formula is C27H20Cl2N2O5S. The average molecular weight is 555 g/mol. The van der Waals surface area contributed by atoms with Crippen LogP contribution in [-0.2, 0) is 11.4 Å². The Morgan fingerprint density at radius 3 is 2.81 bits per heavy atom. The van der Waals surface area contributed by atoms with E-state index in [2.05, 4.69) is 0 Å². The van der Waals surface area contributed by atoms with E-state index in [1.807, 2.05) is 24.3 Å². The molecule has 0 radical (unpaired) electrons. The zero-order chi connectivity index (χ0) is 25.9. The normalized spacial score (nSPS) is 22.0. The molecule has 2 bridgehead atoms. The molecule has 0 spiro atoms. The molecule has 0 amide bonds. The van der Waals surface area contributed by atoms with Crippen LogP contribution >= 0.6 is 34.5 Å². The van der Waals surface area contributed by atoms with Gasteiger partial charge in [-0.2, -0.15) is 0 Å². The van der Waals surface area contributed by atoms with Crippen molar-refractivity contribution in [3.63, 3.8) is 0 Å². The largest absolute Gasteiger partial charge is 0.484 e. The number of benzene rings is 2. The fraction of sp³-hybridized carbons (Fsp3) is 0.222. The van der Waals surface area contributed by atoms with Gasteiger partial charge in [0.2, 0.25) is 5.72 Å². The van der Waals surface area contributed by atoms with Crippen molar-refractivity contribution in [3.8, 4) is 11.5 Å². The van der Waals surface area contributed by atoms with Crippen molar-refractivity contribution in [1.29, 1.82) is 0 Å². The molecule has 7 nitrogen and oxygen atoms in total. The molecule has 2 aromatic heterocycles. The summed E-state index contributed by atoms with van der Waals surface area (Å²) in [5, 5.41) is 0.732. The highest BCUT2D eigenvalue weighted by Gasteiger charge is 2.53. The minimum absolute atomic E-state index is 0.0875. The minimum Gasteiger partial charge on any atom is -0.484 e. The zero-order valence-corrected chi connectivity index (χ0v) is 22.1. The molecule has 0 aliphatic carbocycles. The van der Waals surface area contributed by atoms with Crippen LogP contribution in [-0.4, -0.2) is 16.1 Å². The maximum absolute atomic E-state index is 13.6. The van der Waals surface area contributed by atoms with Gasteiger partial charge in [-0.1, -0.05) is 58.8 Å². The van der Waals surface area contributed by atoms with Gasteiger partial charge in [0.05, 0.1) is 15.6 Å². The summed E-state index contributed by atoms with van der Waals surface area (Å²) in [5.74, 6) is 1.40. The first kappa shape index (κ1) is 24.0. The van der Waals surface area contributed by atoms with Gasteiger partial charge in [0.1, 0.15) is 46.4 Å². The van der Waals surface area contributed by atoms with Crippen LogP contribution in [0.3, 0.4) is 0 Å². The molecular weight excluding hydrogens is 535 g/mol. The number of ether oxygens (including phenoxy) is 2. The van der Waals surface area contributed by atoms with E-state index in [0.29, 0.717) is 42.4 Å². The van der Waals surface area contributed by atoms with E-state index in [1.54, 1.807) is 47.9 Å². The number of para-hydroxylation sites is 1. The van der Waals surface area contributed by atoms with Gasteiger partial charge in [0.15, 0.2) is 4.80 Å². The number of thiazole rings is 1. The average Bonchev–Trinajstić information content (AvgIpc) is 3.42. The molecule has 37 heavy (non-hydrogen) atoms. The van der Waals surface area contributed by atoms with Crippen LogP contribution < -0.4 is 24.4 Å². The molecule has 10 heteroatoms. The Labute approximate surface area is 225 Å². The Morgan fingerprint density at radius 1 is 1.19 bits per heavy atom. The number of nitrogens with zero attached hydrogens (tertiary/aromatic N) is 2. The third-order valence-electron chi connectivity index (χ3n) is 6.56. The summed E-state index contributed by atoms with van der Waals surface area (Å²) < 4.78 is 19.9. The number of aromatic nitrogens is 1. The number of hydrogen-bond donors (Lipinski definition) is 0. The third kappa shape index (κ3) is 4.00. The number of carbonyl (C=O) groups is 1. The Bertz CT molecular complexity index is 1740. The molecule has 3 atom stereocenters. The van der Waals surface area contributed by atoms with Crippen molar-refractivity contribution in [2.45, 2.75) is 32.2 Å². The second-order valence-electron chi connectivity index (χ2n) is 9.05. The standard InChI is InChI=1S/C27H20Cl2N2O5S/c1-14(32)22-24-17-6-3-4-8-19(17)36-27(22,2)30-26-31(24)25(33)21(37-26)12-15-10-11-16(35-15)13-34-20-9-5-7-18(28)23(20)29/h3-12,22,24H,13H2,1-2H3/b21-12+/t22-,24+,27+/m1/s1. The highest BCUT2D eigenvalue weighted by Crippen LogP contribution is 2.47. The molecule has 2 aliphatic heterocycles. The number of furan rings is 1. The number of ketones is 1. The summed E-state index contributed by atoms with van der Waals surface area (Å²) in [4.78, 5) is 31.6. The van der Waals surface area contributed by atoms with Crippen LogP contribution in [0, 0.1) is 5.92 Å². The molecule has 188 valence electrons. The summed E-state index contributed by atoms with van der Waals surface area (Å²) in [6.45, 7) is 3.45. The smallest absolute Gasteiger partial charge is 0.271 e. The Hall–Kier alpha value is -3.33. The summed E-state index contributed by atoms with van der Waals surface area (Å²) in [7, 11) is 0. The van der Waals surface area contributed by atoms with E-state index >= 15 is 0 Å². The molecule has 0 saturated heterocycles. The SMILES string of the molecule is CC(=O)[C@@H]1[C@@H]2c3ccccc3O[C@]1(C)N=c1s/c(=C/c3ccc(COc4cccc(Cl)c4Cl)o3)c(=O)n12. The highest BCUT2D eigenvalue weighted by molar-refractivity contribution is 7.07. The lowest BCUT2D eigenvalue weighted by Crippen LogP contribution is -2.58.